The number of amides is 1. The summed E-state index contributed by atoms with van der Waals surface area (Å²) in [5.74, 6) is -1.31. The maximum atomic E-state index is 13.1. The Morgan fingerprint density at radius 1 is 1.21 bits per heavy atom. The second-order valence-electron chi connectivity index (χ2n) is 7.00. The van der Waals surface area contributed by atoms with Gasteiger partial charge in [-0.15, -0.1) is 0 Å². The molecular weight excluding hydrogens is 313 g/mol. The van der Waals surface area contributed by atoms with E-state index in [1.54, 1.807) is 32.9 Å². The molecule has 0 aliphatic carbocycles. The summed E-state index contributed by atoms with van der Waals surface area (Å²) in [7, 11) is 1.33. The van der Waals surface area contributed by atoms with Gasteiger partial charge in [0.25, 0.3) is 0 Å². The third-order valence-electron chi connectivity index (χ3n) is 4.07. The van der Waals surface area contributed by atoms with Crippen molar-refractivity contribution in [1.82, 2.24) is 4.90 Å². The molecule has 0 spiro atoms. The fraction of sp³-hybridized carbons (Fsp3) is 0.556. The molecule has 1 heterocycles. The van der Waals surface area contributed by atoms with Crippen LogP contribution in [0.3, 0.4) is 0 Å². The number of esters is 1. The van der Waals surface area contributed by atoms with Gasteiger partial charge in [0.05, 0.1) is 13.0 Å². The van der Waals surface area contributed by atoms with Crippen molar-refractivity contribution in [3.05, 3.63) is 35.6 Å². The fourth-order valence-corrected chi connectivity index (χ4v) is 2.94. The second kappa shape index (κ2) is 7.20. The van der Waals surface area contributed by atoms with Gasteiger partial charge in [0, 0.05) is 19.0 Å². The van der Waals surface area contributed by atoms with Crippen molar-refractivity contribution in [3.63, 3.8) is 0 Å². The molecule has 1 aromatic rings. The third-order valence-corrected chi connectivity index (χ3v) is 4.07. The zero-order chi connectivity index (χ0) is 17.9. The summed E-state index contributed by atoms with van der Waals surface area (Å²) in [4.78, 5) is 26.0. The van der Waals surface area contributed by atoms with Gasteiger partial charge in [-0.05, 0) is 44.9 Å². The van der Waals surface area contributed by atoms with Crippen molar-refractivity contribution in [2.75, 3.05) is 20.2 Å². The Morgan fingerprint density at radius 2 is 1.83 bits per heavy atom. The van der Waals surface area contributed by atoms with E-state index >= 15 is 0 Å². The Kier molecular flexibility index (Phi) is 5.47. The topological polar surface area (TPSA) is 55.8 Å². The van der Waals surface area contributed by atoms with Gasteiger partial charge in [-0.2, -0.15) is 0 Å². The number of methoxy groups -OCH3 is 1. The van der Waals surface area contributed by atoms with E-state index in [0.29, 0.717) is 13.0 Å². The molecule has 0 N–H and O–H groups in total. The smallest absolute Gasteiger partial charge is 0.410 e. The van der Waals surface area contributed by atoms with E-state index in [1.165, 1.54) is 24.1 Å². The predicted molar refractivity (Wildman–Crippen MR) is 87.1 cm³/mol. The highest BCUT2D eigenvalue weighted by atomic mass is 19.1. The minimum atomic E-state index is -0.592. The molecule has 24 heavy (non-hydrogen) atoms. The predicted octanol–water partition coefficient (Wildman–Crippen LogP) is 3.34. The van der Waals surface area contributed by atoms with Crippen molar-refractivity contribution in [3.8, 4) is 0 Å². The average Bonchev–Trinajstić information content (AvgIpc) is 2.52. The van der Waals surface area contributed by atoms with Gasteiger partial charge in [-0.1, -0.05) is 12.1 Å². The Balaban J connectivity index is 2.17. The van der Waals surface area contributed by atoms with Crippen molar-refractivity contribution in [1.29, 1.82) is 0 Å². The summed E-state index contributed by atoms with van der Waals surface area (Å²) in [6, 6.07) is 6.12. The summed E-state index contributed by atoms with van der Waals surface area (Å²) in [5, 5.41) is 0. The number of nitrogens with zero attached hydrogens (tertiary/aromatic N) is 1. The number of benzene rings is 1. The normalized spacial score (nSPS) is 21.3. The lowest BCUT2D eigenvalue weighted by Gasteiger charge is -2.37. The molecule has 132 valence electrons. The average molecular weight is 337 g/mol. The number of ether oxygens (including phenoxy) is 2. The number of rotatable bonds is 2. The van der Waals surface area contributed by atoms with E-state index in [9.17, 15) is 14.0 Å². The van der Waals surface area contributed by atoms with E-state index in [-0.39, 0.29) is 24.2 Å². The first kappa shape index (κ1) is 18.2. The van der Waals surface area contributed by atoms with Crippen molar-refractivity contribution in [2.45, 2.75) is 38.7 Å². The molecule has 0 bridgehead atoms. The van der Waals surface area contributed by atoms with E-state index in [4.69, 9.17) is 9.47 Å². The number of piperidine rings is 1. The van der Waals surface area contributed by atoms with Gasteiger partial charge < -0.3 is 14.4 Å². The fourth-order valence-electron chi connectivity index (χ4n) is 2.94. The maximum Gasteiger partial charge on any atom is 0.410 e. The second-order valence-corrected chi connectivity index (χ2v) is 7.00. The van der Waals surface area contributed by atoms with Crippen LogP contribution < -0.4 is 0 Å². The van der Waals surface area contributed by atoms with Crippen LogP contribution in [0, 0.1) is 11.7 Å². The van der Waals surface area contributed by atoms with E-state index in [2.05, 4.69) is 0 Å². The van der Waals surface area contributed by atoms with E-state index in [0.717, 1.165) is 5.56 Å². The van der Waals surface area contributed by atoms with Gasteiger partial charge in [0.2, 0.25) is 0 Å². The lowest BCUT2D eigenvalue weighted by atomic mass is 9.80. The molecule has 2 rings (SSSR count). The van der Waals surface area contributed by atoms with Crippen molar-refractivity contribution < 1.29 is 23.5 Å². The lowest BCUT2D eigenvalue weighted by molar-refractivity contribution is -0.148. The number of hydrogen-bond donors (Lipinski definition) is 0. The number of carbonyl (C=O) groups excluding carboxylic acids is 2. The molecule has 0 radical (unpaired) electrons. The Morgan fingerprint density at radius 3 is 2.38 bits per heavy atom. The third kappa shape index (κ3) is 4.46. The molecule has 1 saturated heterocycles. The zero-order valence-corrected chi connectivity index (χ0v) is 14.5. The van der Waals surface area contributed by atoms with Crippen molar-refractivity contribution in [2.24, 2.45) is 5.92 Å². The molecule has 0 aromatic heterocycles. The minimum absolute atomic E-state index is 0.114. The summed E-state index contributed by atoms with van der Waals surface area (Å²) < 4.78 is 23.4. The number of hydrogen-bond acceptors (Lipinski definition) is 4. The molecular formula is C18H24FNO4. The molecule has 1 aromatic carbocycles. The molecule has 0 saturated carbocycles. The number of halogens is 1. The van der Waals surface area contributed by atoms with Crippen molar-refractivity contribution >= 4 is 12.1 Å². The summed E-state index contributed by atoms with van der Waals surface area (Å²) in [6.45, 7) is 6.10. The molecule has 6 heteroatoms. The van der Waals surface area contributed by atoms with Crippen LogP contribution in [0.2, 0.25) is 0 Å². The standard InChI is InChI=1S/C18H24FNO4/c1-18(2,3)24-17(22)20-10-9-14(15(11-20)16(21)23-4)12-5-7-13(19)8-6-12/h5-8,14-15H,9-11H2,1-4H3/t14?,15-/m0/s1. The molecule has 1 fully saturated rings. The van der Waals surface area contributed by atoms with Crippen LogP contribution in [0.1, 0.15) is 38.7 Å². The molecule has 2 atom stereocenters. The first-order valence-electron chi connectivity index (χ1n) is 8.02. The van der Waals surface area contributed by atoms with Gasteiger partial charge in [0.15, 0.2) is 0 Å². The van der Waals surface area contributed by atoms with Crippen LogP contribution in [0.4, 0.5) is 9.18 Å². The quantitative estimate of drug-likeness (QED) is 0.777. The first-order valence-corrected chi connectivity index (χ1v) is 8.02. The van der Waals surface area contributed by atoms with E-state index < -0.39 is 17.6 Å². The Labute approximate surface area is 141 Å². The summed E-state index contributed by atoms with van der Waals surface area (Å²) in [6.07, 6.45) is 0.152. The highest BCUT2D eigenvalue weighted by molar-refractivity contribution is 5.76. The molecule has 1 aliphatic heterocycles. The Hall–Kier alpha value is -2.11. The van der Waals surface area contributed by atoms with Crippen LogP contribution in [0.15, 0.2) is 24.3 Å². The van der Waals surface area contributed by atoms with Gasteiger partial charge in [0.1, 0.15) is 11.4 Å². The molecule has 1 unspecified atom stereocenters. The highest BCUT2D eigenvalue weighted by Gasteiger charge is 2.38. The summed E-state index contributed by atoms with van der Waals surface area (Å²) in [5.41, 5.74) is 0.279. The molecule has 1 amide bonds. The Bertz CT molecular complexity index is 594. The molecule has 1 aliphatic rings. The van der Waals surface area contributed by atoms with Gasteiger partial charge in [-0.3, -0.25) is 4.79 Å². The van der Waals surface area contributed by atoms with E-state index in [1.807, 2.05) is 0 Å². The van der Waals surface area contributed by atoms with Crippen LogP contribution in [0.5, 0.6) is 0 Å². The number of carbonyl (C=O) groups is 2. The monoisotopic (exact) mass is 337 g/mol. The summed E-state index contributed by atoms with van der Waals surface area (Å²) >= 11 is 0. The van der Waals surface area contributed by atoms with Crippen LogP contribution in [0.25, 0.3) is 0 Å². The minimum Gasteiger partial charge on any atom is -0.469 e. The maximum absolute atomic E-state index is 13.1. The van der Waals surface area contributed by atoms with Gasteiger partial charge >= 0.3 is 12.1 Å². The zero-order valence-electron chi connectivity index (χ0n) is 14.5. The highest BCUT2D eigenvalue weighted by Crippen LogP contribution is 2.34. The molecule has 5 nitrogen and oxygen atoms in total. The largest absolute Gasteiger partial charge is 0.469 e. The SMILES string of the molecule is COC(=O)[C@H]1CN(C(=O)OC(C)(C)C)CCC1c1ccc(F)cc1. The lowest BCUT2D eigenvalue weighted by Crippen LogP contribution is -2.47. The van der Waals surface area contributed by atoms with Crippen LogP contribution in [-0.4, -0.2) is 42.8 Å². The first-order chi connectivity index (χ1) is 11.2. The van der Waals surface area contributed by atoms with Crippen LogP contribution in [-0.2, 0) is 14.3 Å². The van der Waals surface area contributed by atoms with Gasteiger partial charge in [-0.25, -0.2) is 9.18 Å². The van der Waals surface area contributed by atoms with Crippen LogP contribution >= 0.6 is 0 Å². The number of likely N-dealkylation sites (tertiary alicyclic amines) is 1.